The lowest BCUT2D eigenvalue weighted by atomic mass is 10.2. The second-order valence-corrected chi connectivity index (χ2v) is 4.67. The smallest absolute Gasteiger partial charge is 0.237 e. The van der Waals surface area contributed by atoms with Gasteiger partial charge in [-0.2, -0.15) is 0 Å². The number of para-hydroxylation sites is 2. The van der Waals surface area contributed by atoms with E-state index in [1.807, 2.05) is 29.2 Å². The van der Waals surface area contributed by atoms with Crippen LogP contribution in [0.25, 0.3) is 11.0 Å². The van der Waals surface area contributed by atoms with Gasteiger partial charge in [-0.1, -0.05) is 31.9 Å². The fourth-order valence-corrected chi connectivity index (χ4v) is 2.09. The van der Waals surface area contributed by atoms with Crippen LogP contribution in [0.5, 0.6) is 0 Å². The van der Waals surface area contributed by atoms with E-state index in [0.717, 1.165) is 42.8 Å². The predicted octanol–water partition coefficient (Wildman–Crippen LogP) is 2.04. The fourth-order valence-electron chi connectivity index (χ4n) is 2.09. The van der Waals surface area contributed by atoms with Gasteiger partial charge >= 0.3 is 0 Å². The van der Waals surface area contributed by atoms with Crippen LogP contribution in [0.2, 0.25) is 0 Å². The average Bonchev–Trinajstić information content (AvgIpc) is 2.81. The fraction of sp³-hybridized carbons (Fsp3) is 0.429. The number of hydrogen-bond donors (Lipinski definition) is 2. The van der Waals surface area contributed by atoms with Crippen LogP contribution >= 0.6 is 0 Å². The summed E-state index contributed by atoms with van der Waals surface area (Å²) >= 11 is 0. The molecule has 1 aromatic heterocycles. The van der Waals surface area contributed by atoms with E-state index in [-0.39, 0.29) is 12.5 Å². The largest absolute Gasteiger partial charge is 0.368 e. The molecule has 0 fully saturated rings. The van der Waals surface area contributed by atoms with Gasteiger partial charge in [0.15, 0.2) is 0 Å². The predicted molar refractivity (Wildman–Crippen MR) is 77.0 cm³/mol. The third-order valence-corrected chi connectivity index (χ3v) is 3.05. The van der Waals surface area contributed by atoms with Crippen LogP contribution in [0.15, 0.2) is 24.3 Å². The Morgan fingerprint density at radius 1 is 1.37 bits per heavy atom. The Bertz CT molecular complexity index is 516. The van der Waals surface area contributed by atoms with Crippen LogP contribution in [0.3, 0.4) is 0 Å². The topological polar surface area (TPSA) is 75.0 Å². The van der Waals surface area contributed by atoms with Crippen molar-refractivity contribution >= 4 is 22.9 Å². The Balaban J connectivity index is 2.18. The third kappa shape index (κ3) is 3.47. The summed E-state index contributed by atoms with van der Waals surface area (Å²) in [6.45, 7) is 3.14. The Hall–Kier alpha value is -2.04. The van der Waals surface area contributed by atoms with E-state index in [4.69, 9.17) is 5.73 Å². The Labute approximate surface area is 112 Å². The minimum atomic E-state index is -0.336. The number of aromatic amines is 1. The van der Waals surface area contributed by atoms with Crippen LogP contribution in [-0.2, 0) is 4.79 Å². The molecule has 0 aliphatic heterocycles. The summed E-state index contributed by atoms with van der Waals surface area (Å²) in [5, 5.41) is 0. The van der Waals surface area contributed by atoms with Crippen molar-refractivity contribution in [3.63, 3.8) is 0 Å². The molecule has 5 nitrogen and oxygen atoms in total. The standard InChI is InChI=1S/C14H20N4O/c1-2-3-6-9-18(10-13(15)19)14-16-11-7-4-5-8-12(11)17-14/h4-5,7-8H,2-3,6,9-10H2,1H3,(H2,15,19)(H,16,17). The molecule has 0 radical (unpaired) electrons. The molecule has 1 amide bonds. The minimum absolute atomic E-state index is 0.198. The van der Waals surface area contributed by atoms with Crippen molar-refractivity contribution in [1.82, 2.24) is 9.97 Å². The number of nitrogens with two attached hydrogens (primary N) is 1. The number of rotatable bonds is 7. The number of H-pyrrole nitrogens is 1. The van der Waals surface area contributed by atoms with Crippen LogP contribution in [0.1, 0.15) is 26.2 Å². The molecule has 0 spiro atoms. The highest BCUT2D eigenvalue weighted by Gasteiger charge is 2.13. The zero-order valence-electron chi connectivity index (χ0n) is 11.2. The van der Waals surface area contributed by atoms with Crippen LogP contribution < -0.4 is 10.6 Å². The SMILES string of the molecule is CCCCCN(CC(N)=O)c1nc2ccccc2[nH]1. The van der Waals surface area contributed by atoms with Crippen LogP contribution in [-0.4, -0.2) is 29.0 Å². The van der Waals surface area contributed by atoms with Gasteiger partial charge in [-0.25, -0.2) is 4.98 Å². The highest BCUT2D eigenvalue weighted by Crippen LogP contribution is 2.17. The average molecular weight is 260 g/mol. The lowest BCUT2D eigenvalue weighted by Crippen LogP contribution is -2.35. The first-order valence-electron chi connectivity index (χ1n) is 6.68. The Morgan fingerprint density at radius 3 is 2.84 bits per heavy atom. The van der Waals surface area contributed by atoms with E-state index >= 15 is 0 Å². The lowest BCUT2D eigenvalue weighted by Gasteiger charge is -2.19. The number of primary amides is 1. The van der Waals surface area contributed by atoms with Gasteiger partial charge in [-0.3, -0.25) is 4.79 Å². The molecule has 0 aliphatic carbocycles. The van der Waals surface area contributed by atoms with E-state index in [1.54, 1.807) is 0 Å². The molecule has 1 aromatic carbocycles. The molecule has 0 saturated carbocycles. The molecule has 0 unspecified atom stereocenters. The number of fused-ring (bicyclic) bond motifs is 1. The van der Waals surface area contributed by atoms with Crippen LogP contribution in [0.4, 0.5) is 5.95 Å². The molecular weight excluding hydrogens is 240 g/mol. The molecule has 0 aliphatic rings. The van der Waals surface area contributed by atoms with E-state index in [2.05, 4.69) is 16.9 Å². The normalized spacial score (nSPS) is 10.8. The van der Waals surface area contributed by atoms with E-state index in [0.29, 0.717) is 0 Å². The quantitative estimate of drug-likeness (QED) is 0.748. The minimum Gasteiger partial charge on any atom is -0.368 e. The van der Waals surface area contributed by atoms with Gasteiger partial charge in [-0.15, -0.1) is 0 Å². The maximum Gasteiger partial charge on any atom is 0.237 e. The van der Waals surface area contributed by atoms with Gasteiger partial charge in [0, 0.05) is 6.54 Å². The maximum absolute atomic E-state index is 11.2. The molecule has 2 aromatic rings. The third-order valence-electron chi connectivity index (χ3n) is 3.05. The first kappa shape index (κ1) is 13.4. The summed E-state index contributed by atoms with van der Waals surface area (Å²) < 4.78 is 0. The number of unbranched alkanes of at least 4 members (excludes halogenated alkanes) is 2. The molecule has 2 rings (SSSR count). The van der Waals surface area contributed by atoms with E-state index in [9.17, 15) is 4.79 Å². The molecule has 5 heteroatoms. The molecule has 102 valence electrons. The lowest BCUT2D eigenvalue weighted by molar-refractivity contribution is -0.116. The van der Waals surface area contributed by atoms with Crippen molar-refractivity contribution in [1.29, 1.82) is 0 Å². The zero-order valence-corrected chi connectivity index (χ0v) is 11.2. The van der Waals surface area contributed by atoms with Gasteiger partial charge < -0.3 is 15.6 Å². The summed E-state index contributed by atoms with van der Waals surface area (Å²) in [6, 6.07) is 7.83. The second-order valence-electron chi connectivity index (χ2n) is 4.67. The summed E-state index contributed by atoms with van der Waals surface area (Å²) in [5.41, 5.74) is 7.19. The van der Waals surface area contributed by atoms with Crippen molar-refractivity contribution < 1.29 is 4.79 Å². The number of benzene rings is 1. The van der Waals surface area contributed by atoms with Gasteiger partial charge in [0.05, 0.1) is 17.6 Å². The van der Waals surface area contributed by atoms with Gasteiger partial charge in [0.1, 0.15) is 0 Å². The number of hydrogen-bond acceptors (Lipinski definition) is 3. The number of aromatic nitrogens is 2. The molecule has 0 saturated heterocycles. The number of nitrogens with one attached hydrogen (secondary N) is 1. The van der Waals surface area contributed by atoms with Crippen LogP contribution in [0, 0.1) is 0 Å². The van der Waals surface area contributed by atoms with Gasteiger partial charge in [0.25, 0.3) is 0 Å². The monoisotopic (exact) mass is 260 g/mol. The summed E-state index contributed by atoms with van der Waals surface area (Å²) in [6.07, 6.45) is 3.31. The summed E-state index contributed by atoms with van der Waals surface area (Å²) in [4.78, 5) is 20.8. The number of carbonyl (C=O) groups excluding carboxylic acids is 1. The number of nitrogens with zero attached hydrogens (tertiary/aromatic N) is 2. The van der Waals surface area contributed by atoms with E-state index in [1.165, 1.54) is 0 Å². The Morgan fingerprint density at radius 2 is 2.16 bits per heavy atom. The molecule has 19 heavy (non-hydrogen) atoms. The highest BCUT2D eigenvalue weighted by molar-refractivity contribution is 5.81. The molecule has 1 heterocycles. The molecule has 3 N–H and O–H groups in total. The zero-order chi connectivity index (χ0) is 13.7. The number of anilines is 1. The maximum atomic E-state index is 11.2. The molecule has 0 atom stereocenters. The Kier molecular flexibility index (Phi) is 4.39. The van der Waals surface area contributed by atoms with Crippen molar-refractivity contribution in [3.05, 3.63) is 24.3 Å². The van der Waals surface area contributed by atoms with E-state index < -0.39 is 0 Å². The second kappa shape index (κ2) is 6.22. The van der Waals surface area contributed by atoms with Crippen molar-refractivity contribution in [3.8, 4) is 0 Å². The van der Waals surface area contributed by atoms with Crippen molar-refractivity contribution in [2.75, 3.05) is 18.0 Å². The molecular formula is C14H20N4O. The first-order chi connectivity index (χ1) is 9.20. The van der Waals surface area contributed by atoms with Gasteiger partial charge in [-0.05, 0) is 18.6 Å². The first-order valence-corrected chi connectivity index (χ1v) is 6.68. The van der Waals surface area contributed by atoms with Crippen molar-refractivity contribution in [2.45, 2.75) is 26.2 Å². The highest BCUT2D eigenvalue weighted by atomic mass is 16.1. The number of imidazole rings is 1. The van der Waals surface area contributed by atoms with Gasteiger partial charge in [0.2, 0.25) is 11.9 Å². The number of carbonyl (C=O) groups is 1. The number of amides is 1. The summed E-state index contributed by atoms with van der Waals surface area (Å²) in [7, 11) is 0. The summed E-state index contributed by atoms with van der Waals surface area (Å²) in [5.74, 6) is 0.382. The van der Waals surface area contributed by atoms with Crippen molar-refractivity contribution in [2.24, 2.45) is 5.73 Å². The molecule has 0 bridgehead atoms.